The molecule has 1 N–H and O–H groups in total. The van der Waals surface area contributed by atoms with Crippen LogP contribution in [0.5, 0.6) is 0 Å². The molecule has 0 saturated heterocycles. The molecule has 0 aliphatic carbocycles. The van der Waals surface area contributed by atoms with Crippen molar-refractivity contribution in [3.8, 4) is 11.5 Å². The minimum absolute atomic E-state index is 0.603. The van der Waals surface area contributed by atoms with E-state index in [1.807, 2.05) is 6.07 Å². The second kappa shape index (κ2) is 6.05. The minimum atomic E-state index is 0.603. The molecule has 0 bridgehead atoms. The van der Waals surface area contributed by atoms with Gasteiger partial charge in [0.05, 0.1) is 0 Å². The zero-order valence-corrected chi connectivity index (χ0v) is 11.7. The van der Waals surface area contributed by atoms with Crippen molar-refractivity contribution in [1.82, 2.24) is 10.1 Å². The van der Waals surface area contributed by atoms with Crippen molar-refractivity contribution in [2.45, 2.75) is 25.7 Å². The number of ether oxygens (including phenoxy) is 1. The molecular weight excluding hydrogens is 254 g/mol. The number of fused-ring (bicyclic) bond motifs is 1. The third-order valence-corrected chi connectivity index (χ3v) is 3.51. The van der Waals surface area contributed by atoms with Gasteiger partial charge in [0.1, 0.15) is 0 Å². The van der Waals surface area contributed by atoms with Gasteiger partial charge in [-0.2, -0.15) is 4.98 Å². The second-order valence-electron chi connectivity index (χ2n) is 5.01. The monoisotopic (exact) mass is 273 g/mol. The van der Waals surface area contributed by atoms with Crippen LogP contribution in [0.2, 0.25) is 0 Å². The lowest BCUT2D eigenvalue weighted by molar-refractivity contribution is 0.194. The lowest BCUT2D eigenvalue weighted by Gasteiger charge is -2.17. The van der Waals surface area contributed by atoms with Crippen molar-refractivity contribution in [3.05, 3.63) is 29.6 Å². The fourth-order valence-electron chi connectivity index (χ4n) is 2.46. The Morgan fingerprint density at radius 2 is 2.35 bits per heavy atom. The molecule has 0 fully saturated rings. The first kappa shape index (κ1) is 13.1. The quantitative estimate of drug-likeness (QED) is 0.849. The van der Waals surface area contributed by atoms with E-state index in [1.54, 1.807) is 7.11 Å². The van der Waals surface area contributed by atoms with Crippen LogP contribution in [0.1, 0.15) is 24.2 Å². The van der Waals surface area contributed by atoms with Gasteiger partial charge in [-0.05, 0) is 43.0 Å². The fourth-order valence-corrected chi connectivity index (χ4v) is 2.46. The van der Waals surface area contributed by atoms with Gasteiger partial charge in [0, 0.05) is 37.9 Å². The maximum Gasteiger partial charge on any atom is 0.257 e. The number of anilines is 1. The lowest BCUT2D eigenvalue weighted by atomic mass is 10.0. The summed E-state index contributed by atoms with van der Waals surface area (Å²) in [7, 11) is 1.70. The third kappa shape index (κ3) is 2.82. The van der Waals surface area contributed by atoms with Crippen LogP contribution in [0.15, 0.2) is 22.7 Å². The zero-order chi connectivity index (χ0) is 13.8. The molecule has 3 rings (SSSR count). The molecule has 0 amide bonds. The van der Waals surface area contributed by atoms with Gasteiger partial charge < -0.3 is 14.6 Å². The third-order valence-electron chi connectivity index (χ3n) is 3.51. The van der Waals surface area contributed by atoms with E-state index in [2.05, 4.69) is 27.6 Å². The molecule has 1 aliphatic heterocycles. The first-order chi connectivity index (χ1) is 9.86. The van der Waals surface area contributed by atoms with Gasteiger partial charge in [0.2, 0.25) is 0 Å². The molecule has 1 aromatic carbocycles. The summed E-state index contributed by atoms with van der Waals surface area (Å²) in [6.07, 6.45) is 3.96. The molecule has 5 nitrogen and oxygen atoms in total. The lowest BCUT2D eigenvalue weighted by Crippen LogP contribution is -2.11. The Kier molecular flexibility index (Phi) is 3.97. The maximum atomic E-state index is 5.35. The molecule has 0 atom stereocenters. The van der Waals surface area contributed by atoms with E-state index in [4.69, 9.17) is 9.26 Å². The first-order valence-electron chi connectivity index (χ1n) is 7.05. The van der Waals surface area contributed by atoms with Gasteiger partial charge in [-0.25, -0.2) is 0 Å². The summed E-state index contributed by atoms with van der Waals surface area (Å²) >= 11 is 0. The summed E-state index contributed by atoms with van der Waals surface area (Å²) in [6.45, 7) is 1.77. The highest BCUT2D eigenvalue weighted by Crippen LogP contribution is 2.27. The highest BCUT2D eigenvalue weighted by molar-refractivity contribution is 5.63. The van der Waals surface area contributed by atoms with Crippen molar-refractivity contribution in [2.24, 2.45) is 0 Å². The van der Waals surface area contributed by atoms with Crippen molar-refractivity contribution >= 4 is 5.69 Å². The molecule has 1 aliphatic rings. The average molecular weight is 273 g/mol. The zero-order valence-electron chi connectivity index (χ0n) is 11.7. The van der Waals surface area contributed by atoms with Crippen LogP contribution < -0.4 is 5.32 Å². The summed E-state index contributed by atoms with van der Waals surface area (Å²) in [5.41, 5.74) is 3.55. The number of rotatable bonds is 5. The predicted octanol–water partition coefficient (Wildman–Crippen LogP) is 2.67. The summed E-state index contributed by atoms with van der Waals surface area (Å²) < 4.78 is 10.4. The SMILES string of the molecule is COCCCc1noc(-c2ccc3c(c2)CCCN3)n1. The van der Waals surface area contributed by atoms with Crippen molar-refractivity contribution < 1.29 is 9.26 Å². The van der Waals surface area contributed by atoms with Crippen LogP contribution in [0, 0.1) is 0 Å². The molecule has 0 radical (unpaired) electrons. The van der Waals surface area contributed by atoms with Crippen LogP contribution in [0.4, 0.5) is 5.69 Å². The summed E-state index contributed by atoms with van der Waals surface area (Å²) in [5.74, 6) is 1.35. The number of aromatic nitrogens is 2. The van der Waals surface area contributed by atoms with Crippen LogP contribution >= 0.6 is 0 Å². The minimum Gasteiger partial charge on any atom is -0.385 e. The van der Waals surface area contributed by atoms with Gasteiger partial charge in [0.25, 0.3) is 5.89 Å². The molecule has 1 aromatic heterocycles. The van der Waals surface area contributed by atoms with E-state index in [1.165, 1.54) is 17.7 Å². The van der Waals surface area contributed by atoms with Crippen molar-refractivity contribution in [2.75, 3.05) is 25.6 Å². The Morgan fingerprint density at radius 1 is 1.40 bits per heavy atom. The van der Waals surface area contributed by atoms with E-state index in [0.29, 0.717) is 12.5 Å². The standard InChI is InChI=1S/C15H19N3O2/c1-19-9-3-5-14-17-15(20-18-14)12-6-7-13-11(10-12)4-2-8-16-13/h6-7,10,16H,2-5,8-9H2,1H3. The number of methoxy groups -OCH3 is 1. The molecule has 0 saturated carbocycles. The van der Waals surface area contributed by atoms with Crippen molar-refractivity contribution in [1.29, 1.82) is 0 Å². The predicted molar refractivity (Wildman–Crippen MR) is 76.7 cm³/mol. The Hall–Kier alpha value is -1.88. The van der Waals surface area contributed by atoms with Gasteiger partial charge in [-0.15, -0.1) is 0 Å². The van der Waals surface area contributed by atoms with E-state index in [-0.39, 0.29) is 0 Å². The second-order valence-corrected chi connectivity index (χ2v) is 5.01. The number of aryl methyl sites for hydroxylation is 2. The number of benzene rings is 1. The van der Waals surface area contributed by atoms with E-state index >= 15 is 0 Å². The summed E-state index contributed by atoms with van der Waals surface area (Å²) in [6, 6.07) is 6.27. The van der Waals surface area contributed by atoms with Crippen LogP contribution in [-0.2, 0) is 17.6 Å². The van der Waals surface area contributed by atoms with E-state index < -0.39 is 0 Å². The summed E-state index contributed by atoms with van der Waals surface area (Å²) in [4.78, 5) is 4.45. The van der Waals surface area contributed by atoms with Gasteiger partial charge in [-0.3, -0.25) is 0 Å². The van der Waals surface area contributed by atoms with Gasteiger partial charge in [0.15, 0.2) is 5.82 Å². The normalized spacial score (nSPS) is 13.8. The topological polar surface area (TPSA) is 60.2 Å². The molecular formula is C15H19N3O2. The van der Waals surface area contributed by atoms with E-state index in [0.717, 1.165) is 37.2 Å². The number of hydrogen-bond acceptors (Lipinski definition) is 5. The largest absolute Gasteiger partial charge is 0.385 e. The molecule has 5 heteroatoms. The fraction of sp³-hybridized carbons (Fsp3) is 0.467. The highest BCUT2D eigenvalue weighted by atomic mass is 16.5. The van der Waals surface area contributed by atoms with Gasteiger partial charge in [-0.1, -0.05) is 5.16 Å². The first-order valence-corrected chi connectivity index (χ1v) is 7.05. The Labute approximate surface area is 118 Å². The smallest absolute Gasteiger partial charge is 0.257 e. The Balaban J connectivity index is 1.75. The van der Waals surface area contributed by atoms with Crippen LogP contribution in [0.25, 0.3) is 11.5 Å². The van der Waals surface area contributed by atoms with Crippen LogP contribution in [-0.4, -0.2) is 30.4 Å². The van der Waals surface area contributed by atoms with E-state index in [9.17, 15) is 0 Å². The Morgan fingerprint density at radius 3 is 3.25 bits per heavy atom. The highest BCUT2D eigenvalue weighted by Gasteiger charge is 2.13. The average Bonchev–Trinajstić information content (AvgIpc) is 2.96. The number of nitrogens with one attached hydrogen (secondary N) is 1. The molecule has 2 aromatic rings. The Bertz CT molecular complexity index is 580. The molecule has 0 unspecified atom stereocenters. The number of nitrogens with zero attached hydrogens (tertiary/aromatic N) is 2. The molecule has 20 heavy (non-hydrogen) atoms. The summed E-state index contributed by atoms with van der Waals surface area (Å²) in [5, 5.41) is 7.42. The molecule has 2 heterocycles. The molecule has 0 spiro atoms. The van der Waals surface area contributed by atoms with Crippen LogP contribution in [0.3, 0.4) is 0 Å². The number of hydrogen-bond donors (Lipinski definition) is 1. The van der Waals surface area contributed by atoms with Gasteiger partial charge >= 0.3 is 0 Å². The van der Waals surface area contributed by atoms with Crippen molar-refractivity contribution in [3.63, 3.8) is 0 Å². The maximum absolute atomic E-state index is 5.35. The molecule has 106 valence electrons.